The number of hydrogen-bond donors (Lipinski definition) is 1. The highest BCUT2D eigenvalue weighted by Crippen LogP contribution is 2.62. The Kier molecular flexibility index (Phi) is 5.71. The molecule has 2 saturated carbocycles. The van der Waals surface area contributed by atoms with Gasteiger partial charge in [-0.1, -0.05) is 32.3 Å². The summed E-state index contributed by atoms with van der Waals surface area (Å²) in [5.74, 6) is 3.35. The van der Waals surface area contributed by atoms with Crippen molar-refractivity contribution < 1.29 is 14.6 Å². The number of esters is 1. The van der Waals surface area contributed by atoms with Gasteiger partial charge in [0.1, 0.15) is 5.75 Å². The number of unbranched alkanes of at least 4 members (excludes halogenated alkanes) is 2. The van der Waals surface area contributed by atoms with Crippen molar-refractivity contribution in [3.63, 3.8) is 0 Å². The Hall–Kier alpha value is -1.51. The first-order valence-corrected chi connectivity index (χ1v) is 11.4. The van der Waals surface area contributed by atoms with Crippen LogP contribution in [0.15, 0.2) is 18.2 Å². The zero-order valence-electron chi connectivity index (χ0n) is 17.6. The van der Waals surface area contributed by atoms with Crippen LogP contribution in [0.2, 0.25) is 0 Å². The van der Waals surface area contributed by atoms with Crippen molar-refractivity contribution in [3.05, 3.63) is 29.3 Å². The molecular formula is C25H36O3. The van der Waals surface area contributed by atoms with Gasteiger partial charge < -0.3 is 9.84 Å². The Balaban J connectivity index is 1.48. The number of ether oxygens (including phenoxy) is 1. The van der Waals surface area contributed by atoms with Crippen LogP contribution in [0.25, 0.3) is 0 Å². The second-order valence-electron chi connectivity index (χ2n) is 9.91. The van der Waals surface area contributed by atoms with Gasteiger partial charge in [0.05, 0.1) is 6.61 Å². The summed E-state index contributed by atoms with van der Waals surface area (Å²) in [7, 11) is 0. The SMILES string of the molecule is CC(=O)OCCCCC[C@@H]1Cc2cc(O)ccc2[C@H]2CC[C@]3(C)CCC[C@H]3[C@H]12. The van der Waals surface area contributed by atoms with Crippen LogP contribution in [0.5, 0.6) is 5.75 Å². The normalized spacial score (nSPS) is 33.6. The molecule has 0 amide bonds. The summed E-state index contributed by atoms with van der Waals surface area (Å²) in [5, 5.41) is 10.0. The van der Waals surface area contributed by atoms with Crippen LogP contribution in [0.3, 0.4) is 0 Å². The monoisotopic (exact) mass is 384 g/mol. The molecule has 0 radical (unpaired) electrons. The second kappa shape index (κ2) is 8.08. The molecule has 0 spiro atoms. The van der Waals surface area contributed by atoms with E-state index in [1.165, 1.54) is 63.0 Å². The molecule has 28 heavy (non-hydrogen) atoms. The molecule has 3 nitrogen and oxygen atoms in total. The Morgan fingerprint density at radius 1 is 1.21 bits per heavy atom. The van der Waals surface area contributed by atoms with Crippen LogP contribution < -0.4 is 0 Å². The number of phenolic OH excluding ortho intramolecular Hbond substituents is 1. The number of benzene rings is 1. The summed E-state index contributed by atoms with van der Waals surface area (Å²) >= 11 is 0. The zero-order valence-corrected chi connectivity index (χ0v) is 17.6. The largest absolute Gasteiger partial charge is 0.508 e. The van der Waals surface area contributed by atoms with Gasteiger partial charge in [0.15, 0.2) is 0 Å². The van der Waals surface area contributed by atoms with Gasteiger partial charge in [-0.2, -0.15) is 0 Å². The van der Waals surface area contributed by atoms with Gasteiger partial charge in [-0.05, 0) is 97.3 Å². The quantitative estimate of drug-likeness (QED) is 0.484. The third-order valence-corrected chi connectivity index (χ3v) is 8.19. The minimum atomic E-state index is -0.172. The predicted octanol–water partition coefficient (Wildman–Crippen LogP) is 5.99. The van der Waals surface area contributed by atoms with Crippen LogP contribution in [0, 0.1) is 23.2 Å². The van der Waals surface area contributed by atoms with E-state index in [1.807, 2.05) is 12.1 Å². The van der Waals surface area contributed by atoms with Crippen molar-refractivity contribution in [2.75, 3.05) is 6.61 Å². The molecular weight excluding hydrogens is 348 g/mol. The standard InChI is InChI=1S/C25H36O3/c1-17(26)28-14-5-3-4-7-18-15-19-16-20(27)9-10-21(19)22-11-13-25(2)12-6-8-23(25)24(18)22/h9-10,16,18,22-24,27H,3-8,11-15H2,1-2H3/t18-,22-,23+,24-,25+/m1/s1. The Morgan fingerprint density at radius 2 is 2.07 bits per heavy atom. The number of carbonyl (C=O) groups excluding carboxylic acids is 1. The molecule has 0 bridgehead atoms. The van der Waals surface area contributed by atoms with Gasteiger partial charge in [-0.15, -0.1) is 0 Å². The van der Waals surface area contributed by atoms with Gasteiger partial charge in [0.2, 0.25) is 0 Å². The Bertz CT molecular complexity index is 712. The first-order chi connectivity index (χ1) is 13.5. The van der Waals surface area contributed by atoms with Crippen molar-refractivity contribution in [1.82, 2.24) is 0 Å². The predicted molar refractivity (Wildman–Crippen MR) is 111 cm³/mol. The molecule has 4 rings (SSSR count). The first-order valence-electron chi connectivity index (χ1n) is 11.4. The number of fused-ring (bicyclic) bond motifs is 5. The molecule has 0 unspecified atom stereocenters. The van der Waals surface area contributed by atoms with Gasteiger partial charge in [-0.25, -0.2) is 0 Å². The summed E-state index contributed by atoms with van der Waals surface area (Å²) in [6, 6.07) is 6.14. The highest BCUT2D eigenvalue weighted by atomic mass is 16.5. The van der Waals surface area contributed by atoms with Crippen molar-refractivity contribution in [2.45, 2.75) is 84.0 Å². The summed E-state index contributed by atoms with van der Waals surface area (Å²) in [5.41, 5.74) is 3.49. The van der Waals surface area contributed by atoms with E-state index in [4.69, 9.17) is 4.74 Å². The maximum atomic E-state index is 10.9. The van der Waals surface area contributed by atoms with Gasteiger partial charge in [-0.3, -0.25) is 4.79 Å². The Morgan fingerprint density at radius 3 is 2.89 bits per heavy atom. The maximum absolute atomic E-state index is 10.9. The maximum Gasteiger partial charge on any atom is 0.302 e. The van der Waals surface area contributed by atoms with E-state index in [-0.39, 0.29) is 5.97 Å². The molecule has 3 heteroatoms. The average molecular weight is 385 g/mol. The van der Waals surface area contributed by atoms with Gasteiger partial charge in [0.25, 0.3) is 0 Å². The fraction of sp³-hybridized carbons (Fsp3) is 0.720. The van der Waals surface area contributed by atoms with Gasteiger partial charge in [0, 0.05) is 6.92 Å². The molecule has 5 atom stereocenters. The van der Waals surface area contributed by atoms with E-state index < -0.39 is 0 Å². The smallest absolute Gasteiger partial charge is 0.302 e. The number of aromatic hydroxyl groups is 1. The lowest BCUT2D eigenvalue weighted by Crippen LogP contribution is -2.44. The van der Waals surface area contributed by atoms with Crippen LogP contribution in [0.4, 0.5) is 0 Å². The first kappa shape index (κ1) is 19.8. The lowest BCUT2D eigenvalue weighted by Gasteiger charge is -2.52. The van der Waals surface area contributed by atoms with E-state index in [0.29, 0.717) is 23.7 Å². The molecule has 0 heterocycles. The van der Waals surface area contributed by atoms with Crippen LogP contribution >= 0.6 is 0 Å². The van der Waals surface area contributed by atoms with Crippen LogP contribution in [0.1, 0.15) is 88.7 Å². The average Bonchev–Trinajstić information content (AvgIpc) is 3.05. The summed E-state index contributed by atoms with van der Waals surface area (Å²) < 4.78 is 5.08. The second-order valence-corrected chi connectivity index (χ2v) is 9.91. The minimum Gasteiger partial charge on any atom is -0.508 e. The van der Waals surface area contributed by atoms with E-state index in [2.05, 4.69) is 13.0 Å². The molecule has 1 aromatic carbocycles. The van der Waals surface area contributed by atoms with Crippen molar-refractivity contribution in [2.24, 2.45) is 23.2 Å². The minimum absolute atomic E-state index is 0.172. The van der Waals surface area contributed by atoms with Crippen molar-refractivity contribution >= 4 is 5.97 Å². The Labute approximate surface area is 169 Å². The van der Waals surface area contributed by atoms with E-state index >= 15 is 0 Å². The fourth-order valence-corrected chi connectivity index (χ4v) is 6.95. The number of hydrogen-bond acceptors (Lipinski definition) is 3. The summed E-state index contributed by atoms with van der Waals surface area (Å²) in [6.07, 6.45) is 12.6. The highest BCUT2D eigenvalue weighted by Gasteiger charge is 2.52. The molecule has 2 fully saturated rings. The molecule has 0 aliphatic heterocycles. The topological polar surface area (TPSA) is 46.5 Å². The van der Waals surface area contributed by atoms with Crippen LogP contribution in [-0.2, 0) is 16.0 Å². The van der Waals surface area contributed by atoms with Crippen LogP contribution in [-0.4, -0.2) is 17.7 Å². The number of carbonyl (C=O) groups is 1. The van der Waals surface area contributed by atoms with Crippen molar-refractivity contribution in [1.29, 1.82) is 0 Å². The lowest BCUT2D eigenvalue weighted by molar-refractivity contribution is -0.141. The molecule has 0 aromatic heterocycles. The summed E-state index contributed by atoms with van der Waals surface area (Å²) in [6.45, 7) is 4.60. The molecule has 0 saturated heterocycles. The molecule has 1 aromatic rings. The summed E-state index contributed by atoms with van der Waals surface area (Å²) in [4.78, 5) is 10.9. The molecule has 3 aliphatic rings. The third-order valence-electron chi connectivity index (χ3n) is 8.19. The molecule has 154 valence electrons. The molecule has 3 aliphatic carbocycles. The van der Waals surface area contributed by atoms with E-state index in [1.54, 1.807) is 0 Å². The molecule has 1 N–H and O–H groups in total. The number of rotatable bonds is 6. The van der Waals surface area contributed by atoms with Gasteiger partial charge >= 0.3 is 5.97 Å². The van der Waals surface area contributed by atoms with E-state index in [9.17, 15) is 9.90 Å². The highest BCUT2D eigenvalue weighted by molar-refractivity contribution is 5.65. The fourth-order valence-electron chi connectivity index (χ4n) is 6.95. The zero-order chi connectivity index (χ0) is 19.7. The van der Waals surface area contributed by atoms with E-state index in [0.717, 1.165) is 37.0 Å². The number of phenols is 1. The van der Waals surface area contributed by atoms with Crippen molar-refractivity contribution in [3.8, 4) is 5.75 Å². The lowest BCUT2D eigenvalue weighted by atomic mass is 9.52. The third kappa shape index (κ3) is 3.82.